The van der Waals surface area contributed by atoms with Crippen molar-refractivity contribution in [2.24, 2.45) is 5.92 Å². The summed E-state index contributed by atoms with van der Waals surface area (Å²) in [5, 5.41) is 15.3. The Kier molecular flexibility index (Phi) is 5.37. The van der Waals surface area contributed by atoms with E-state index < -0.39 is 17.9 Å². The van der Waals surface area contributed by atoms with Crippen LogP contribution >= 0.6 is 0 Å². The average Bonchev–Trinajstić information content (AvgIpc) is 2.70. The zero-order valence-electron chi connectivity index (χ0n) is 15.2. The number of benzene rings is 3. The number of methoxy groups -OCH3 is 1. The smallest absolute Gasteiger partial charge is 0.328 e. The molecule has 5 nitrogen and oxygen atoms in total. The van der Waals surface area contributed by atoms with Crippen molar-refractivity contribution < 1.29 is 14.3 Å². The van der Waals surface area contributed by atoms with Gasteiger partial charge < -0.3 is 10.1 Å². The summed E-state index contributed by atoms with van der Waals surface area (Å²) in [6, 6.07) is 18.5. The maximum Gasteiger partial charge on any atom is 0.328 e. The maximum absolute atomic E-state index is 13.2. The lowest BCUT2D eigenvalue weighted by molar-refractivity contribution is -0.143. The zero-order valence-corrected chi connectivity index (χ0v) is 15.2. The number of carbonyl (C=O) groups excluding carboxylic acids is 2. The zero-order chi connectivity index (χ0) is 19.4. The van der Waals surface area contributed by atoms with E-state index in [1.54, 1.807) is 6.92 Å². The third kappa shape index (κ3) is 3.75. The normalized spacial score (nSPS) is 12.9. The molecular weight excluding hydrogens is 340 g/mol. The van der Waals surface area contributed by atoms with Crippen LogP contribution < -0.4 is 5.32 Å². The molecule has 0 heterocycles. The van der Waals surface area contributed by atoms with Crippen LogP contribution in [-0.2, 0) is 9.53 Å². The van der Waals surface area contributed by atoms with E-state index in [1.807, 2.05) is 54.6 Å². The van der Waals surface area contributed by atoms with E-state index in [2.05, 4.69) is 11.4 Å². The van der Waals surface area contributed by atoms with Gasteiger partial charge in [0, 0.05) is 5.92 Å². The summed E-state index contributed by atoms with van der Waals surface area (Å²) in [5.74, 6) is -1.31. The third-order valence-corrected chi connectivity index (χ3v) is 4.60. The molecule has 1 N–H and O–H groups in total. The number of hydrogen-bond acceptors (Lipinski definition) is 4. The number of nitrogens with one attached hydrogen (secondary N) is 1. The van der Waals surface area contributed by atoms with Gasteiger partial charge in [-0.2, -0.15) is 5.26 Å². The molecule has 0 unspecified atom stereocenters. The molecular formula is C22H20N2O3. The Morgan fingerprint density at radius 2 is 1.63 bits per heavy atom. The number of nitrogens with zero attached hydrogens (tertiary/aromatic N) is 1. The van der Waals surface area contributed by atoms with Gasteiger partial charge in [-0.05, 0) is 41.0 Å². The Hall–Kier alpha value is -3.39. The second-order valence-corrected chi connectivity index (χ2v) is 6.51. The van der Waals surface area contributed by atoms with E-state index in [4.69, 9.17) is 10.00 Å². The molecule has 0 saturated carbocycles. The molecule has 0 bridgehead atoms. The largest absolute Gasteiger partial charge is 0.467 e. The van der Waals surface area contributed by atoms with Crippen LogP contribution in [0.4, 0.5) is 0 Å². The fourth-order valence-corrected chi connectivity index (χ4v) is 3.25. The van der Waals surface area contributed by atoms with Crippen LogP contribution in [0.3, 0.4) is 0 Å². The molecule has 27 heavy (non-hydrogen) atoms. The molecule has 3 aromatic carbocycles. The van der Waals surface area contributed by atoms with Crippen molar-refractivity contribution in [3.8, 4) is 6.07 Å². The molecule has 3 rings (SSSR count). The number of carbonyl (C=O) groups is 2. The summed E-state index contributed by atoms with van der Waals surface area (Å²) in [6.45, 7) is 1.70. The molecule has 0 spiro atoms. The standard InChI is InChI=1S/C22H20N2O3/c1-14(13-23)11-19(22(26)27-2)24-21(25)20-17-9-5-3-7-15(17)12-16-8-4-6-10-18(16)20/h3-10,12,14,19H,11H2,1-2H3,(H,24,25)/t14-,19-/m1/s1. The van der Waals surface area contributed by atoms with Gasteiger partial charge >= 0.3 is 5.97 Å². The summed E-state index contributed by atoms with van der Waals surface area (Å²) >= 11 is 0. The minimum atomic E-state index is -0.880. The van der Waals surface area contributed by atoms with Crippen molar-refractivity contribution in [1.29, 1.82) is 5.26 Å². The number of esters is 1. The van der Waals surface area contributed by atoms with Gasteiger partial charge in [0.2, 0.25) is 0 Å². The Morgan fingerprint density at radius 1 is 1.07 bits per heavy atom. The van der Waals surface area contributed by atoms with Crippen molar-refractivity contribution in [2.45, 2.75) is 19.4 Å². The highest BCUT2D eigenvalue weighted by Gasteiger charge is 2.26. The van der Waals surface area contributed by atoms with Crippen molar-refractivity contribution >= 4 is 33.4 Å². The summed E-state index contributed by atoms with van der Waals surface area (Å²) in [6.07, 6.45) is 0.192. The molecule has 0 radical (unpaired) electrons. The Bertz CT molecular complexity index is 998. The number of rotatable bonds is 5. The lowest BCUT2D eigenvalue weighted by Crippen LogP contribution is -2.42. The molecule has 2 atom stereocenters. The first kappa shape index (κ1) is 18.4. The van der Waals surface area contributed by atoms with Gasteiger partial charge in [-0.1, -0.05) is 48.5 Å². The lowest BCUT2D eigenvalue weighted by atomic mass is 9.95. The van der Waals surface area contributed by atoms with Crippen LogP contribution in [0.1, 0.15) is 23.7 Å². The summed E-state index contributed by atoms with van der Waals surface area (Å²) < 4.78 is 4.81. The summed E-state index contributed by atoms with van der Waals surface area (Å²) in [5.41, 5.74) is 0.516. The number of amides is 1. The van der Waals surface area contributed by atoms with Gasteiger partial charge in [0.05, 0.1) is 18.7 Å². The molecule has 0 aliphatic rings. The van der Waals surface area contributed by atoms with Crippen LogP contribution in [0.2, 0.25) is 0 Å². The first-order valence-electron chi connectivity index (χ1n) is 8.74. The SMILES string of the molecule is COC(=O)[C@@H](C[C@@H](C)C#N)NC(=O)c1c2ccccc2cc2ccccc12. The minimum Gasteiger partial charge on any atom is -0.467 e. The van der Waals surface area contributed by atoms with E-state index >= 15 is 0 Å². The van der Waals surface area contributed by atoms with Crippen LogP contribution in [-0.4, -0.2) is 25.0 Å². The predicted octanol–water partition coefficient (Wildman–Crippen LogP) is 3.81. The first-order chi connectivity index (χ1) is 13.0. The summed E-state index contributed by atoms with van der Waals surface area (Å²) in [4.78, 5) is 25.3. The summed E-state index contributed by atoms with van der Waals surface area (Å²) in [7, 11) is 1.27. The van der Waals surface area contributed by atoms with Gasteiger partial charge in [-0.3, -0.25) is 4.79 Å². The topological polar surface area (TPSA) is 79.2 Å². The van der Waals surface area contributed by atoms with E-state index in [9.17, 15) is 9.59 Å². The van der Waals surface area contributed by atoms with Crippen LogP contribution in [0, 0.1) is 17.2 Å². The maximum atomic E-state index is 13.2. The van der Waals surface area contributed by atoms with Crippen molar-refractivity contribution in [3.05, 3.63) is 60.2 Å². The van der Waals surface area contributed by atoms with Crippen molar-refractivity contribution in [3.63, 3.8) is 0 Å². The molecule has 136 valence electrons. The predicted molar refractivity (Wildman–Crippen MR) is 104 cm³/mol. The molecule has 0 aliphatic heterocycles. The lowest BCUT2D eigenvalue weighted by Gasteiger charge is -2.19. The second-order valence-electron chi connectivity index (χ2n) is 6.51. The number of nitriles is 1. The highest BCUT2D eigenvalue weighted by atomic mass is 16.5. The number of ether oxygens (including phenoxy) is 1. The first-order valence-corrected chi connectivity index (χ1v) is 8.74. The van der Waals surface area contributed by atoms with E-state index in [-0.39, 0.29) is 12.3 Å². The molecule has 3 aromatic rings. The van der Waals surface area contributed by atoms with Gasteiger partial charge in [0.15, 0.2) is 0 Å². The van der Waals surface area contributed by atoms with Crippen LogP contribution in [0.5, 0.6) is 0 Å². The highest BCUT2D eigenvalue weighted by Crippen LogP contribution is 2.28. The molecule has 5 heteroatoms. The molecule has 0 aliphatic carbocycles. The second kappa shape index (κ2) is 7.88. The van der Waals surface area contributed by atoms with E-state index in [1.165, 1.54) is 7.11 Å². The number of hydrogen-bond donors (Lipinski definition) is 1. The van der Waals surface area contributed by atoms with Gasteiger partial charge in [-0.25, -0.2) is 4.79 Å². The molecule has 1 amide bonds. The third-order valence-electron chi connectivity index (χ3n) is 4.60. The Balaban J connectivity index is 2.08. The Morgan fingerprint density at radius 3 is 2.15 bits per heavy atom. The fraction of sp³-hybridized carbons (Fsp3) is 0.227. The Labute approximate surface area is 157 Å². The monoisotopic (exact) mass is 360 g/mol. The van der Waals surface area contributed by atoms with Crippen molar-refractivity contribution in [1.82, 2.24) is 5.32 Å². The van der Waals surface area contributed by atoms with Crippen LogP contribution in [0.25, 0.3) is 21.5 Å². The molecule has 0 aromatic heterocycles. The quantitative estimate of drug-likeness (QED) is 0.554. The fourth-order valence-electron chi connectivity index (χ4n) is 3.25. The number of fused-ring (bicyclic) bond motifs is 2. The average molecular weight is 360 g/mol. The van der Waals surface area contributed by atoms with Gasteiger partial charge in [0.1, 0.15) is 6.04 Å². The molecule has 0 saturated heterocycles. The van der Waals surface area contributed by atoms with E-state index in [0.29, 0.717) is 5.56 Å². The van der Waals surface area contributed by atoms with Gasteiger partial charge in [0.25, 0.3) is 5.91 Å². The van der Waals surface area contributed by atoms with Crippen molar-refractivity contribution in [2.75, 3.05) is 7.11 Å². The van der Waals surface area contributed by atoms with E-state index in [0.717, 1.165) is 21.5 Å². The highest BCUT2D eigenvalue weighted by molar-refractivity contribution is 6.18. The minimum absolute atomic E-state index is 0.192. The van der Waals surface area contributed by atoms with Gasteiger partial charge in [-0.15, -0.1) is 0 Å². The molecule has 0 fully saturated rings. The van der Waals surface area contributed by atoms with Crippen LogP contribution in [0.15, 0.2) is 54.6 Å².